The zero-order valence-corrected chi connectivity index (χ0v) is 14.7. The molecule has 0 radical (unpaired) electrons. The van der Waals surface area contributed by atoms with Crippen molar-refractivity contribution in [2.75, 3.05) is 33.4 Å². The number of carbonyl (C=O) groups excluding carboxylic acids is 1. The maximum atomic E-state index is 12.9. The summed E-state index contributed by atoms with van der Waals surface area (Å²) in [6.45, 7) is 1.73. The third-order valence-corrected chi connectivity index (χ3v) is 4.39. The highest BCUT2D eigenvalue weighted by Crippen LogP contribution is 2.27. The first-order chi connectivity index (χ1) is 12.7. The van der Waals surface area contributed by atoms with Gasteiger partial charge < -0.3 is 18.9 Å². The average Bonchev–Trinajstić information content (AvgIpc) is 3.15. The van der Waals surface area contributed by atoms with E-state index in [1.54, 1.807) is 12.0 Å². The molecule has 1 aromatic heterocycles. The highest BCUT2D eigenvalue weighted by molar-refractivity contribution is 5.77. The second-order valence-corrected chi connectivity index (χ2v) is 6.19. The van der Waals surface area contributed by atoms with Gasteiger partial charge in [-0.1, -0.05) is 5.16 Å². The van der Waals surface area contributed by atoms with E-state index in [2.05, 4.69) is 10.1 Å². The molecule has 140 valence electrons. The van der Waals surface area contributed by atoms with Gasteiger partial charge >= 0.3 is 0 Å². The van der Waals surface area contributed by atoms with E-state index < -0.39 is 0 Å². The molecule has 1 fully saturated rings. The zero-order valence-electron chi connectivity index (χ0n) is 14.7. The lowest BCUT2D eigenvalue weighted by molar-refractivity contribution is -0.134. The van der Waals surface area contributed by atoms with Crippen LogP contribution in [0, 0.1) is 5.82 Å². The predicted molar refractivity (Wildman–Crippen MR) is 90.3 cm³/mol. The van der Waals surface area contributed by atoms with Gasteiger partial charge in [0, 0.05) is 32.5 Å². The van der Waals surface area contributed by atoms with Crippen molar-refractivity contribution in [1.29, 1.82) is 0 Å². The lowest BCUT2D eigenvalue weighted by atomic mass is 9.97. The number of piperidine rings is 1. The number of ether oxygens (including phenoxy) is 2. The molecule has 0 unspecified atom stereocenters. The molecule has 3 rings (SSSR count). The van der Waals surface area contributed by atoms with Crippen LogP contribution in [0.4, 0.5) is 4.39 Å². The van der Waals surface area contributed by atoms with Crippen LogP contribution in [0.15, 0.2) is 28.8 Å². The Morgan fingerprint density at radius 1 is 1.31 bits per heavy atom. The molecule has 0 bridgehead atoms. The van der Waals surface area contributed by atoms with Gasteiger partial charge in [0.1, 0.15) is 11.6 Å². The fourth-order valence-electron chi connectivity index (χ4n) is 2.87. The van der Waals surface area contributed by atoms with E-state index in [1.807, 2.05) is 0 Å². The van der Waals surface area contributed by atoms with Crippen molar-refractivity contribution in [3.05, 3.63) is 41.8 Å². The third-order valence-electron chi connectivity index (χ3n) is 4.39. The Balaban J connectivity index is 1.44. The molecule has 0 atom stereocenters. The number of halogens is 1. The molecule has 8 heteroatoms. The van der Waals surface area contributed by atoms with Gasteiger partial charge in [0.25, 0.3) is 5.91 Å². The van der Waals surface area contributed by atoms with Crippen molar-refractivity contribution in [2.24, 2.45) is 0 Å². The van der Waals surface area contributed by atoms with Crippen LogP contribution in [-0.4, -0.2) is 54.4 Å². The van der Waals surface area contributed by atoms with Crippen LogP contribution in [0.25, 0.3) is 0 Å². The average molecular weight is 363 g/mol. The summed E-state index contributed by atoms with van der Waals surface area (Å²) in [6, 6.07) is 5.62. The molecular formula is C18H22FN3O4. The molecule has 1 amide bonds. The number of hydrogen-bond donors (Lipinski definition) is 0. The van der Waals surface area contributed by atoms with Gasteiger partial charge in [-0.05, 0) is 37.1 Å². The molecule has 2 aromatic rings. The first-order valence-corrected chi connectivity index (χ1v) is 8.63. The second-order valence-electron chi connectivity index (χ2n) is 6.19. The van der Waals surface area contributed by atoms with Crippen molar-refractivity contribution in [3.63, 3.8) is 0 Å². The van der Waals surface area contributed by atoms with Crippen LogP contribution in [0.2, 0.25) is 0 Å². The zero-order chi connectivity index (χ0) is 18.4. The highest BCUT2D eigenvalue weighted by atomic mass is 19.1. The molecule has 26 heavy (non-hydrogen) atoms. The van der Waals surface area contributed by atoms with Crippen LogP contribution in [-0.2, 0) is 16.0 Å². The van der Waals surface area contributed by atoms with Gasteiger partial charge in [0.15, 0.2) is 12.4 Å². The Kier molecular flexibility index (Phi) is 6.17. The summed E-state index contributed by atoms with van der Waals surface area (Å²) in [7, 11) is 1.63. The smallest absolute Gasteiger partial charge is 0.260 e. The van der Waals surface area contributed by atoms with Crippen molar-refractivity contribution >= 4 is 5.91 Å². The maximum Gasteiger partial charge on any atom is 0.260 e. The summed E-state index contributed by atoms with van der Waals surface area (Å²) in [5, 5.41) is 3.96. The van der Waals surface area contributed by atoms with Crippen LogP contribution in [0.1, 0.15) is 30.5 Å². The minimum Gasteiger partial charge on any atom is -0.484 e. The largest absolute Gasteiger partial charge is 0.484 e. The molecule has 7 nitrogen and oxygen atoms in total. The van der Waals surface area contributed by atoms with Crippen molar-refractivity contribution < 1.29 is 23.2 Å². The van der Waals surface area contributed by atoms with Gasteiger partial charge in [0.2, 0.25) is 5.89 Å². The van der Waals surface area contributed by atoms with E-state index in [1.165, 1.54) is 24.3 Å². The number of methoxy groups -OCH3 is 1. The predicted octanol–water partition coefficient (Wildman–Crippen LogP) is 2.18. The van der Waals surface area contributed by atoms with Gasteiger partial charge in [-0.15, -0.1) is 0 Å². The number of amides is 1. The number of carbonyl (C=O) groups is 1. The molecule has 0 N–H and O–H groups in total. The highest BCUT2D eigenvalue weighted by Gasteiger charge is 2.27. The number of aromatic nitrogens is 2. The van der Waals surface area contributed by atoms with E-state index in [4.69, 9.17) is 14.0 Å². The number of benzene rings is 1. The lowest BCUT2D eigenvalue weighted by Crippen LogP contribution is -2.40. The van der Waals surface area contributed by atoms with Gasteiger partial charge in [-0.3, -0.25) is 4.79 Å². The van der Waals surface area contributed by atoms with Crippen LogP contribution in [0.5, 0.6) is 5.75 Å². The molecule has 2 heterocycles. The normalized spacial score (nSPS) is 15.2. The monoisotopic (exact) mass is 363 g/mol. The molecular weight excluding hydrogens is 341 g/mol. The quantitative estimate of drug-likeness (QED) is 0.750. The standard InChI is InChI=1S/C18H22FN3O4/c1-24-11-8-16-20-18(26-21-16)13-6-9-22(10-7-13)17(23)12-25-15-4-2-14(19)3-5-15/h2-5,13H,6-12H2,1H3. The third kappa shape index (κ3) is 4.78. The number of likely N-dealkylation sites (tertiary alicyclic amines) is 1. The molecule has 1 aromatic carbocycles. The van der Waals surface area contributed by atoms with Crippen molar-refractivity contribution in [1.82, 2.24) is 15.0 Å². The molecule has 1 saturated heterocycles. The van der Waals surface area contributed by atoms with Crippen molar-refractivity contribution in [2.45, 2.75) is 25.2 Å². The van der Waals surface area contributed by atoms with Gasteiger partial charge in [-0.25, -0.2) is 4.39 Å². The number of hydrogen-bond acceptors (Lipinski definition) is 6. The Labute approximate surface area is 151 Å². The van der Waals surface area contributed by atoms with Gasteiger partial charge in [0.05, 0.1) is 6.61 Å². The minimum atomic E-state index is -0.336. The lowest BCUT2D eigenvalue weighted by Gasteiger charge is -2.30. The maximum absolute atomic E-state index is 12.9. The first kappa shape index (κ1) is 18.3. The summed E-state index contributed by atoms with van der Waals surface area (Å²) < 4.78 is 28.6. The van der Waals surface area contributed by atoms with E-state index in [9.17, 15) is 9.18 Å². The topological polar surface area (TPSA) is 77.7 Å². The van der Waals surface area contributed by atoms with Gasteiger partial charge in [-0.2, -0.15) is 4.98 Å². The Hall–Kier alpha value is -2.48. The van der Waals surface area contributed by atoms with E-state index in [0.29, 0.717) is 43.6 Å². The molecule has 1 aliphatic rings. The van der Waals surface area contributed by atoms with Crippen molar-refractivity contribution in [3.8, 4) is 5.75 Å². The molecule has 1 aliphatic heterocycles. The van der Waals surface area contributed by atoms with E-state index in [0.717, 1.165) is 12.8 Å². The Morgan fingerprint density at radius 3 is 2.73 bits per heavy atom. The van der Waals surface area contributed by atoms with E-state index in [-0.39, 0.29) is 24.2 Å². The minimum absolute atomic E-state index is 0.0575. The summed E-state index contributed by atoms with van der Waals surface area (Å²) >= 11 is 0. The molecule has 0 aliphatic carbocycles. The summed E-state index contributed by atoms with van der Waals surface area (Å²) in [5.41, 5.74) is 0. The number of rotatable bonds is 7. The Bertz CT molecular complexity index is 711. The summed E-state index contributed by atoms with van der Waals surface area (Å²) in [5.74, 6) is 1.50. The summed E-state index contributed by atoms with van der Waals surface area (Å²) in [6.07, 6.45) is 2.17. The second kappa shape index (κ2) is 8.75. The Morgan fingerprint density at radius 2 is 2.04 bits per heavy atom. The SMILES string of the molecule is COCCc1noc(C2CCN(C(=O)COc3ccc(F)cc3)CC2)n1. The van der Waals surface area contributed by atoms with Crippen LogP contribution >= 0.6 is 0 Å². The van der Waals surface area contributed by atoms with Crippen LogP contribution < -0.4 is 4.74 Å². The van der Waals surface area contributed by atoms with E-state index >= 15 is 0 Å². The molecule has 0 saturated carbocycles. The number of nitrogens with zero attached hydrogens (tertiary/aromatic N) is 3. The first-order valence-electron chi connectivity index (χ1n) is 8.63. The molecule has 0 spiro atoms. The fraction of sp³-hybridized carbons (Fsp3) is 0.500. The summed E-state index contributed by atoms with van der Waals surface area (Å²) in [4.78, 5) is 18.4. The fourth-order valence-corrected chi connectivity index (χ4v) is 2.87. The van der Waals surface area contributed by atoms with Crippen LogP contribution in [0.3, 0.4) is 0 Å².